The van der Waals surface area contributed by atoms with Gasteiger partial charge in [-0.25, -0.2) is 39.9 Å². The molecular weight excluding hydrogens is 1250 g/mol. The number of halogens is 2. The van der Waals surface area contributed by atoms with Crippen LogP contribution in [0.2, 0.25) is 10.0 Å². The van der Waals surface area contributed by atoms with Crippen molar-refractivity contribution in [1.82, 2.24) is 49.8 Å². The van der Waals surface area contributed by atoms with Crippen molar-refractivity contribution in [3.8, 4) is 33.8 Å². The molecule has 9 aromatic rings. The summed E-state index contributed by atoms with van der Waals surface area (Å²) in [5.41, 5.74) is 19.1. The van der Waals surface area contributed by atoms with Gasteiger partial charge in [-0.3, -0.25) is 4.98 Å². The van der Waals surface area contributed by atoms with Gasteiger partial charge in [-0.05, 0) is 158 Å². The monoisotopic (exact) mass is 1320 g/mol. The number of pyridine rings is 3. The Morgan fingerprint density at radius 3 is 1.41 bits per heavy atom. The number of thiocarbonyl (C=S) groups is 3. The van der Waals surface area contributed by atoms with E-state index in [4.69, 9.17) is 89.5 Å². The summed E-state index contributed by atoms with van der Waals surface area (Å²) in [6.45, 7) is 14.4. The molecule has 3 aromatic carbocycles. The fraction of sp³-hybridized carbons (Fsp3) is 0.294. The SMILES string of the molecule is Cc1ccc2c(c1)NC(=S)Cc1cnc(Nc3ccc(N4CCCC4)nc3C)nc1-2.Cc1nc(N2CCOCC2)ccc1Nc1ncc2c(n1)-c1ccc(Cl)cc1NC(=S)C2.Cc1ncc(CCCN(C)C)cc1Nc1ncc2c(n1)-c1ccc(Cl)cc1NC(=S)C2. The first-order chi connectivity index (χ1) is 44.5. The maximum absolute atomic E-state index is 6.19. The molecule has 0 amide bonds. The largest absolute Gasteiger partial charge is 0.378 e. The van der Waals surface area contributed by atoms with E-state index in [1.54, 1.807) is 0 Å². The summed E-state index contributed by atoms with van der Waals surface area (Å²) in [6, 6.07) is 28.0. The fourth-order valence-corrected chi connectivity index (χ4v) is 12.6. The quantitative estimate of drug-likeness (QED) is 0.0629. The molecule has 2 fully saturated rings. The maximum atomic E-state index is 6.19. The summed E-state index contributed by atoms with van der Waals surface area (Å²) in [5.74, 6) is 3.60. The summed E-state index contributed by atoms with van der Waals surface area (Å²) in [5, 5.41) is 21.2. The topological polar surface area (TPSA) is 207 Å². The minimum absolute atomic E-state index is 0.511. The number of aryl methyl sites for hydroxylation is 5. The van der Waals surface area contributed by atoms with Crippen LogP contribution in [0.3, 0.4) is 0 Å². The third kappa shape index (κ3) is 15.4. The van der Waals surface area contributed by atoms with E-state index in [9.17, 15) is 0 Å². The zero-order chi connectivity index (χ0) is 64.0. The predicted molar refractivity (Wildman–Crippen MR) is 385 cm³/mol. The van der Waals surface area contributed by atoms with Crippen LogP contribution in [-0.4, -0.2) is 125 Å². The van der Waals surface area contributed by atoms with E-state index in [1.807, 2.05) is 94.1 Å². The van der Waals surface area contributed by atoms with E-state index in [2.05, 4.69) is 124 Å². The Morgan fingerprint density at radius 2 is 0.946 bits per heavy atom. The van der Waals surface area contributed by atoms with E-state index in [-0.39, 0.29) is 0 Å². The van der Waals surface area contributed by atoms with Crippen LogP contribution in [0.1, 0.15) is 64.2 Å². The number of anilines is 11. The Balaban J connectivity index is 0.000000133. The second kappa shape index (κ2) is 28.6. The molecule has 0 radical (unpaired) electrons. The summed E-state index contributed by atoms with van der Waals surface area (Å²) in [7, 11) is 4.18. The smallest absolute Gasteiger partial charge is 0.227 e. The van der Waals surface area contributed by atoms with Gasteiger partial charge in [0.1, 0.15) is 11.6 Å². The molecule has 0 bridgehead atoms. The van der Waals surface area contributed by atoms with Crippen LogP contribution in [0, 0.1) is 27.7 Å². The van der Waals surface area contributed by atoms with Crippen LogP contribution in [0.5, 0.6) is 0 Å². The van der Waals surface area contributed by atoms with Crippen molar-refractivity contribution >= 4 is 138 Å². The molecule has 0 atom stereocenters. The van der Waals surface area contributed by atoms with Crippen molar-refractivity contribution in [2.24, 2.45) is 0 Å². The first kappa shape index (κ1) is 63.7. The van der Waals surface area contributed by atoms with Gasteiger partial charge in [0.15, 0.2) is 0 Å². The van der Waals surface area contributed by atoms with Crippen LogP contribution in [-0.2, 0) is 30.4 Å². The molecule has 2 saturated heterocycles. The highest BCUT2D eigenvalue weighted by Crippen LogP contribution is 2.39. The van der Waals surface area contributed by atoms with Crippen molar-refractivity contribution in [2.45, 2.75) is 72.6 Å². The van der Waals surface area contributed by atoms with E-state index >= 15 is 0 Å². The molecule has 470 valence electrons. The molecule has 5 aliphatic heterocycles. The number of hydrogen-bond acceptors (Lipinski definition) is 19. The molecule has 0 aliphatic carbocycles. The Morgan fingerprint density at radius 1 is 0.500 bits per heavy atom. The van der Waals surface area contributed by atoms with Gasteiger partial charge in [0, 0.05) is 131 Å². The fourth-order valence-electron chi connectivity index (χ4n) is 11.5. The molecule has 92 heavy (non-hydrogen) atoms. The average Bonchev–Trinajstić information content (AvgIpc) is 1.61. The standard InChI is InChI=1S/C23H25ClN6S.C23H24N6S.C22H21ClN6OS/c1-14-19(9-15(12-25-14)5-4-8-30(2)3)28-23-26-13-16-10-21(31)27-20-11-17(24)6-7-18(20)22(16)29-23;1-14-5-6-17-19(11-14)26-21(30)12-16-13-24-23(28-22(16)17)27-18-7-8-20(25-15(18)2)29-9-3-4-10-29;1-13-17(4-5-19(25-13)29-6-8-30-9-7-29)27-22-24-12-14-10-20(31)26-18-11-15(23)2-3-16(18)21(14)28-22/h6-7,9,11-13H,4-5,8,10H2,1-3H3,(H,27,31)(H,26,28,29);5-8,11,13H,3-4,9-10,12H2,1-2H3,(H,26,30)(H,24,27,28);2-5,11-12H,6-10H2,1H3,(H,26,31)(H,24,27,28). The number of nitrogens with one attached hydrogen (secondary N) is 6. The summed E-state index contributed by atoms with van der Waals surface area (Å²) < 4.78 is 5.43. The van der Waals surface area contributed by atoms with E-state index in [1.165, 1.54) is 24.0 Å². The number of benzene rings is 3. The van der Waals surface area contributed by atoms with Crippen molar-refractivity contribution in [1.29, 1.82) is 0 Å². The van der Waals surface area contributed by atoms with E-state index in [0.29, 0.717) is 52.1 Å². The molecule has 11 heterocycles. The first-order valence-electron chi connectivity index (χ1n) is 30.6. The Hall–Kier alpha value is -8.48. The lowest BCUT2D eigenvalue weighted by molar-refractivity contribution is 0.122. The molecule has 0 saturated carbocycles. The number of hydrogen-bond donors (Lipinski definition) is 6. The Kier molecular flexibility index (Phi) is 19.8. The molecular formula is C68H70Cl2N18OS3. The minimum atomic E-state index is 0.511. The van der Waals surface area contributed by atoms with Gasteiger partial charge in [-0.2, -0.15) is 0 Å². The number of aromatic nitrogens is 9. The Labute approximate surface area is 562 Å². The molecule has 0 unspecified atom stereocenters. The first-order valence-corrected chi connectivity index (χ1v) is 32.6. The third-order valence-corrected chi connectivity index (χ3v) is 17.4. The highest BCUT2D eigenvalue weighted by atomic mass is 35.5. The predicted octanol–water partition coefficient (Wildman–Crippen LogP) is 14.2. The lowest BCUT2D eigenvalue weighted by Gasteiger charge is -2.28. The maximum Gasteiger partial charge on any atom is 0.227 e. The van der Waals surface area contributed by atoms with E-state index in [0.717, 1.165) is 182 Å². The van der Waals surface area contributed by atoms with Gasteiger partial charge in [0.05, 0.1) is 79.4 Å². The van der Waals surface area contributed by atoms with Crippen molar-refractivity contribution < 1.29 is 4.74 Å². The van der Waals surface area contributed by atoms with E-state index < -0.39 is 0 Å². The molecule has 5 aliphatic rings. The van der Waals surface area contributed by atoms with Gasteiger partial charge in [-0.15, -0.1) is 0 Å². The number of rotatable bonds is 12. The van der Waals surface area contributed by atoms with Crippen LogP contribution >= 0.6 is 59.9 Å². The van der Waals surface area contributed by atoms with Crippen LogP contribution < -0.4 is 41.7 Å². The van der Waals surface area contributed by atoms with Crippen molar-refractivity contribution in [3.63, 3.8) is 0 Å². The van der Waals surface area contributed by atoms with Crippen LogP contribution in [0.25, 0.3) is 33.8 Å². The zero-order valence-corrected chi connectivity index (χ0v) is 56.0. The van der Waals surface area contributed by atoms with Crippen LogP contribution in [0.15, 0.2) is 110 Å². The second-order valence-corrected chi connectivity index (χ2v) is 25.8. The molecule has 0 spiro atoms. The van der Waals surface area contributed by atoms with Crippen molar-refractivity contribution in [2.75, 3.05) is 102 Å². The zero-order valence-electron chi connectivity index (χ0n) is 52.0. The number of morpholine rings is 1. The summed E-state index contributed by atoms with van der Waals surface area (Å²) in [6.07, 6.45) is 13.8. The number of ether oxygens (including phenoxy) is 1. The van der Waals surface area contributed by atoms with Gasteiger partial charge in [-0.1, -0.05) is 72.0 Å². The molecule has 6 N–H and O–H groups in total. The highest BCUT2D eigenvalue weighted by Gasteiger charge is 2.25. The van der Waals surface area contributed by atoms with Gasteiger partial charge < -0.3 is 51.3 Å². The molecule has 24 heteroatoms. The summed E-state index contributed by atoms with van der Waals surface area (Å²) >= 11 is 28.8. The van der Waals surface area contributed by atoms with Crippen LogP contribution in [0.4, 0.5) is 63.6 Å². The molecule has 14 rings (SSSR count). The number of nitrogens with zero attached hydrogens (tertiary/aromatic N) is 12. The average molecular weight is 1320 g/mol. The highest BCUT2D eigenvalue weighted by molar-refractivity contribution is 7.81. The normalized spacial score (nSPS) is 14.5. The second-order valence-electron chi connectivity index (χ2n) is 23.5. The Bertz CT molecular complexity index is 4290. The third-order valence-electron chi connectivity index (χ3n) is 16.2. The summed E-state index contributed by atoms with van der Waals surface area (Å²) in [4.78, 5) is 51.2. The molecule has 19 nitrogen and oxygen atoms in total. The minimum Gasteiger partial charge on any atom is -0.378 e. The number of fused-ring (bicyclic) bond motifs is 9. The lowest BCUT2D eigenvalue weighted by Crippen LogP contribution is -2.36. The van der Waals surface area contributed by atoms with Crippen molar-refractivity contribution in [3.05, 3.63) is 165 Å². The van der Waals surface area contributed by atoms with Gasteiger partial charge in [0.25, 0.3) is 0 Å². The van der Waals surface area contributed by atoms with Gasteiger partial charge in [0.2, 0.25) is 17.8 Å². The molecule has 6 aromatic heterocycles. The van der Waals surface area contributed by atoms with Gasteiger partial charge >= 0.3 is 0 Å². The lowest BCUT2D eigenvalue weighted by atomic mass is 10.0.